The highest BCUT2D eigenvalue weighted by atomic mass is 16.5. The first-order valence-corrected chi connectivity index (χ1v) is 8.20. The predicted molar refractivity (Wildman–Crippen MR) is 86.1 cm³/mol. The molecule has 1 fully saturated rings. The third-order valence-corrected chi connectivity index (χ3v) is 4.91. The van der Waals surface area contributed by atoms with Crippen LogP contribution in [-0.2, 0) is 18.0 Å². The molecule has 4 rings (SSSR count). The Morgan fingerprint density at radius 3 is 3.00 bits per heavy atom. The van der Waals surface area contributed by atoms with E-state index in [4.69, 9.17) is 4.74 Å². The maximum atomic E-state index is 12.9. The summed E-state index contributed by atoms with van der Waals surface area (Å²) in [5.74, 6) is 1.14. The molecular formula is C18H21N3O2. The fourth-order valence-electron chi connectivity index (χ4n) is 3.63. The van der Waals surface area contributed by atoms with Gasteiger partial charge >= 0.3 is 0 Å². The molecule has 0 N–H and O–H groups in total. The first-order chi connectivity index (χ1) is 11.2. The molecule has 120 valence electrons. The predicted octanol–water partition coefficient (Wildman–Crippen LogP) is 2.70. The second-order valence-electron chi connectivity index (χ2n) is 6.41. The number of carbonyl (C=O) groups is 1. The van der Waals surface area contributed by atoms with Gasteiger partial charge in [0.05, 0.1) is 19.3 Å². The lowest BCUT2D eigenvalue weighted by Gasteiger charge is -2.34. The van der Waals surface area contributed by atoms with Crippen LogP contribution in [0.5, 0.6) is 0 Å². The second kappa shape index (κ2) is 5.81. The normalized spacial score (nSPS) is 20.6. The van der Waals surface area contributed by atoms with Gasteiger partial charge in [-0.05, 0) is 43.0 Å². The number of rotatable bonds is 2. The number of hydrogen-bond donors (Lipinski definition) is 0. The van der Waals surface area contributed by atoms with Crippen LogP contribution in [0.25, 0.3) is 0 Å². The van der Waals surface area contributed by atoms with Crippen LogP contribution >= 0.6 is 0 Å². The van der Waals surface area contributed by atoms with Crippen LogP contribution in [0.2, 0.25) is 0 Å². The molecule has 5 nitrogen and oxygen atoms in total. The molecule has 1 aromatic heterocycles. The largest absolute Gasteiger partial charge is 0.372 e. The SMILES string of the molecule is Cc1nccn1[C@H]1CCCN(C(=O)c2ccc3c(c2)COC3)C1. The summed E-state index contributed by atoms with van der Waals surface area (Å²) in [5, 5.41) is 0. The van der Waals surface area contributed by atoms with E-state index in [0.717, 1.165) is 42.9 Å². The smallest absolute Gasteiger partial charge is 0.253 e. The zero-order chi connectivity index (χ0) is 15.8. The summed E-state index contributed by atoms with van der Waals surface area (Å²) in [7, 11) is 0. The number of ether oxygens (including phenoxy) is 1. The summed E-state index contributed by atoms with van der Waals surface area (Å²) < 4.78 is 7.63. The minimum Gasteiger partial charge on any atom is -0.372 e. The lowest BCUT2D eigenvalue weighted by atomic mass is 10.0. The summed E-state index contributed by atoms with van der Waals surface area (Å²) in [6.45, 7) is 4.88. The highest BCUT2D eigenvalue weighted by molar-refractivity contribution is 5.94. The van der Waals surface area contributed by atoms with Crippen molar-refractivity contribution in [3.63, 3.8) is 0 Å². The van der Waals surface area contributed by atoms with Crippen molar-refractivity contribution in [1.29, 1.82) is 0 Å². The van der Waals surface area contributed by atoms with E-state index < -0.39 is 0 Å². The molecule has 0 saturated carbocycles. The first kappa shape index (κ1) is 14.5. The Hall–Kier alpha value is -2.14. The monoisotopic (exact) mass is 311 g/mol. The summed E-state index contributed by atoms with van der Waals surface area (Å²) in [6.07, 6.45) is 5.97. The number of imidazole rings is 1. The van der Waals surface area contributed by atoms with Gasteiger partial charge in [0.25, 0.3) is 5.91 Å². The first-order valence-electron chi connectivity index (χ1n) is 8.20. The van der Waals surface area contributed by atoms with Gasteiger partial charge in [0.1, 0.15) is 5.82 Å². The van der Waals surface area contributed by atoms with E-state index in [-0.39, 0.29) is 5.91 Å². The molecule has 0 spiro atoms. The number of aryl methyl sites for hydroxylation is 1. The van der Waals surface area contributed by atoms with Crippen LogP contribution in [0.1, 0.15) is 46.2 Å². The minimum absolute atomic E-state index is 0.127. The Labute approximate surface area is 135 Å². The van der Waals surface area contributed by atoms with Crippen LogP contribution in [0.15, 0.2) is 30.6 Å². The zero-order valence-electron chi connectivity index (χ0n) is 13.4. The molecule has 2 aromatic rings. The van der Waals surface area contributed by atoms with Crippen molar-refractivity contribution in [2.75, 3.05) is 13.1 Å². The fraction of sp³-hybridized carbons (Fsp3) is 0.444. The Morgan fingerprint density at radius 2 is 2.17 bits per heavy atom. The van der Waals surface area contributed by atoms with E-state index in [0.29, 0.717) is 19.3 Å². The summed E-state index contributed by atoms with van der Waals surface area (Å²) >= 11 is 0. The Bertz CT molecular complexity index is 738. The van der Waals surface area contributed by atoms with Crippen molar-refractivity contribution in [3.8, 4) is 0 Å². The lowest BCUT2D eigenvalue weighted by molar-refractivity contribution is 0.0678. The molecule has 23 heavy (non-hydrogen) atoms. The molecule has 0 unspecified atom stereocenters. The molecule has 2 aliphatic rings. The van der Waals surface area contributed by atoms with Crippen molar-refractivity contribution in [2.45, 2.75) is 39.0 Å². The molecule has 1 aromatic carbocycles. The molecule has 1 saturated heterocycles. The highest BCUT2D eigenvalue weighted by Crippen LogP contribution is 2.26. The maximum absolute atomic E-state index is 12.9. The number of aromatic nitrogens is 2. The zero-order valence-corrected chi connectivity index (χ0v) is 13.4. The number of nitrogens with zero attached hydrogens (tertiary/aromatic N) is 3. The summed E-state index contributed by atoms with van der Waals surface area (Å²) in [6, 6.07) is 6.28. The highest BCUT2D eigenvalue weighted by Gasteiger charge is 2.26. The van der Waals surface area contributed by atoms with Crippen LogP contribution in [0.3, 0.4) is 0 Å². The van der Waals surface area contributed by atoms with Crippen LogP contribution in [0, 0.1) is 6.92 Å². The van der Waals surface area contributed by atoms with Gasteiger partial charge in [-0.2, -0.15) is 0 Å². The quantitative estimate of drug-likeness (QED) is 0.857. The van der Waals surface area contributed by atoms with Gasteiger partial charge in [-0.15, -0.1) is 0 Å². The number of piperidine rings is 1. The second-order valence-corrected chi connectivity index (χ2v) is 6.41. The van der Waals surface area contributed by atoms with Gasteiger partial charge < -0.3 is 14.2 Å². The lowest BCUT2D eigenvalue weighted by Crippen LogP contribution is -2.40. The molecule has 2 aliphatic heterocycles. The third kappa shape index (κ3) is 2.65. The van der Waals surface area contributed by atoms with Crippen molar-refractivity contribution in [1.82, 2.24) is 14.5 Å². The van der Waals surface area contributed by atoms with Crippen LogP contribution < -0.4 is 0 Å². The Morgan fingerprint density at radius 1 is 1.30 bits per heavy atom. The van der Waals surface area contributed by atoms with Gasteiger partial charge in [-0.25, -0.2) is 4.98 Å². The minimum atomic E-state index is 0.127. The molecule has 1 amide bonds. The molecule has 0 bridgehead atoms. The molecule has 5 heteroatoms. The molecule has 0 radical (unpaired) electrons. The molecule has 0 aliphatic carbocycles. The van der Waals surface area contributed by atoms with Gasteiger partial charge in [-0.3, -0.25) is 4.79 Å². The van der Waals surface area contributed by atoms with E-state index in [1.807, 2.05) is 42.4 Å². The fourth-order valence-corrected chi connectivity index (χ4v) is 3.63. The summed E-state index contributed by atoms with van der Waals surface area (Å²) in [4.78, 5) is 19.1. The standard InChI is InChI=1S/C18H21N3O2/c1-13-19-6-8-21(13)17-3-2-7-20(10-17)18(22)14-4-5-15-11-23-12-16(15)9-14/h4-6,8-9,17H,2-3,7,10-12H2,1H3/t17-/m0/s1. The van der Waals surface area contributed by atoms with E-state index in [1.54, 1.807) is 0 Å². The molecule has 3 heterocycles. The van der Waals surface area contributed by atoms with E-state index in [2.05, 4.69) is 9.55 Å². The van der Waals surface area contributed by atoms with E-state index in [9.17, 15) is 4.79 Å². The third-order valence-electron chi connectivity index (χ3n) is 4.91. The number of carbonyl (C=O) groups excluding carboxylic acids is 1. The van der Waals surface area contributed by atoms with E-state index in [1.165, 1.54) is 5.56 Å². The van der Waals surface area contributed by atoms with Gasteiger partial charge in [0.2, 0.25) is 0 Å². The Balaban J connectivity index is 1.53. The van der Waals surface area contributed by atoms with Crippen LogP contribution in [-0.4, -0.2) is 33.4 Å². The number of fused-ring (bicyclic) bond motifs is 1. The Kier molecular flexibility index (Phi) is 3.65. The van der Waals surface area contributed by atoms with E-state index >= 15 is 0 Å². The van der Waals surface area contributed by atoms with Gasteiger partial charge in [0, 0.05) is 31.0 Å². The molecular weight excluding hydrogens is 290 g/mol. The van der Waals surface area contributed by atoms with Gasteiger partial charge in [0.15, 0.2) is 0 Å². The van der Waals surface area contributed by atoms with Crippen LogP contribution in [0.4, 0.5) is 0 Å². The average molecular weight is 311 g/mol. The van der Waals surface area contributed by atoms with Crippen molar-refractivity contribution in [3.05, 3.63) is 53.1 Å². The van der Waals surface area contributed by atoms with Crippen molar-refractivity contribution in [2.24, 2.45) is 0 Å². The average Bonchev–Trinajstić information content (AvgIpc) is 3.22. The van der Waals surface area contributed by atoms with Gasteiger partial charge in [-0.1, -0.05) is 6.07 Å². The summed E-state index contributed by atoms with van der Waals surface area (Å²) in [5.41, 5.74) is 3.12. The maximum Gasteiger partial charge on any atom is 0.253 e. The topological polar surface area (TPSA) is 47.4 Å². The van der Waals surface area contributed by atoms with Crippen molar-refractivity contribution >= 4 is 5.91 Å². The number of hydrogen-bond acceptors (Lipinski definition) is 3. The molecule has 1 atom stereocenters. The number of amides is 1. The number of likely N-dealkylation sites (tertiary alicyclic amines) is 1. The van der Waals surface area contributed by atoms with Crippen molar-refractivity contribution < 1.29 is 9.53 Å². The number of benzene rings is 1.